The molecule has 0 bridgehead atoms. The van der Waals surface area contributed by atoms with Crippen molar-refractivity contribution >= 4 is 72.1 Å². The van der Waals surface area contributed by atoms with E-state index in [9.17, 15) is 0 Å². The Kier molecular flexibility index (Phi) is 3.17. The van der Waals surface area contributed by atoms with Gasteiger partial charge in [-0.2, -0.15) is 0 Å². The maximum atomic E-state index is 6.26. The Hall–Kier alpha value is -5.36. The standard InChI is InChI=1S/C35H21N5O/c1-35(2)20-10-5-3-8-18(20)28-21(35)14-16-23-30(28)37-34-38(23)24-11-7-12-25-32(24)40(34)33-36-22-15-17-27-29(31(22)39(25)33)19-9-4-6-13-26(19)41-27/h3-17H,1-2H3. The second kappa shape index (κ2) is 6.34. The molecule has 0 spiro atoms. The normalized spacial score (nSPS) is 14.8. The van der Waals surface area contributed by atoms with Crippen molar-refractivity contribution in [2.45, 2.75) is 19.3 Å². The van der Waals surface area contributed by atoms with Crippen LogP contribution in [0.4, 0.5) is 0 Å². The van der Waals surface area contributed by atoms with E-state index in [1.807, 2.05) is 18.2 Å². The van der Waals surface area contributed by atoms with Crippen molar-refractivity contribution in [2.75, 3.05) is 0 Å². The Morgan fingerprint density at radius 3 is 2.34 bits per heavy atom. The molecule has 5 aromatic carbocycles. The van der Waals surface area contributed by atoms with Gasteiger partial charge in [0.25, 0.3) is 0 Å². The summed E-state index contributed by atoms with van der Waals surface area (Å²) in [6.07, 6.45) is 0. The third-order valence-electron chi connectivity index (χ3n) is 9.59. The lowest BCUT2D eigenvalue weighted by Gasteiger charge is -2.21. The molecule has 0 atom stereocenters. The first-order chi connectivity index (χ1) is 20.1. The van der Waals surface area contributed by atoms with Gasteiger partial charge in [0.05, 0.1) is 38.5 Å². The maximum absolute atomic E-state index is 6.26. The zero-order valence-electron chi connectivity index (χ0n) is 22.3. The molecule has 41 heavy (non-hydrogen) atoms. The summed E-state index contributed by atoms with van der Waals surface area (Å²) in [6.45, 7) is 4.63. The molecule has 6 heteroatoms. The van der Waals surface area contributed by atoms with Crippen LogP contribution >= 0.6 is 0 Å². The van der Waals surface area contributed by atoms with E-state index in [4.69, 9.17) is 14.4 Å². The van der Waals surface area contributed by atoms with Gasteiger partial charge in [-0.3, -0.25) is 8.80 Å². The van der Waals surface area contributed by atoms with Crippen molar-refractivity contribution < 1.29 is 4.42 Å². The molecule has 10 aromatic rings. The van der Waals surface area contributed by atoms with E-state index < -0.39 is 0 Å². The summed E-state index contributed by atoms with van der Waals surface area (Å²) in [5, 5.41) is 2.20. The largest absolute Gasteiger partial charge is 0.456 e. The van der Waals surface area contributed by atoms with Crippen LogP contribution in [0.5, 0.6) is 0 Å². The molecule has 0 fully saturated rings. The van der Waals surface area contributed by atoms with E-state index >= 15 is 0 Å². The van der Waals surface area contributed by atoms with Crippen LogP contribution in [-0.2, 0) is 5.41 Å². The average molecular weight is 528 g/mol. The highest BCUT2D eigenvalue weighted by molar-refractivity contribution is 6.19. The molecule has 0 N–H and O–H groups in total. The van der Waals surface area contributed by atoms with Crippen LogP contribution < -0.4 is 0 Å². The summed E-state index contributed by atoms with van der Waals surface area (Å²) in [6, 6.07) is 32.2. The summed E-state index contributed by atoms with van der Waals surface area (Å²) in [4.78, 5) is 10.6. The molecule has 192 valence electrons. The van der Waals surface area contributed by atoms with Crippen LogP contribution in [0.15, 0.2) is 95.4 Å². The van der Waals surface area contributed by atoms with E-state index in [0.29, 0.717) is 0 Å². The Balaban J connectivity index is 1.37. The van der Waals surface area contributed by atoms with Gasteiger partial charge < -0.3 is 4.42 Å². The molecular formula is C35H21N5O. The van der Waals surface area contributed by atoms with Gasteiger partial charge in [0.2, 0.25) is 11.6 Å². The minimum atomic E-state index is -0.0698. The topological polar surface area (TPSA) is 52.2 Å². The van der Waals surface area contributed by atoms with Crippen molar-refractivity contribution in [3.05, 3.63) is 102 Å². The lowest BCUT2D eigenvalue weighted by atomic mass is 9.82. The molecule has 1 aliphatic rings. The molecule has 0 amide bonds. The summed E-state index contributed by atoms with van der Waals surface area (Å²) in [7, 11) is 0. The fourth-order valence-electron chi connectivity index (χ4n) is 7.84. The van der Waals surface area contributed by atoms with Crippen molar-refractivity contribution in [3.8, 4) is 11.1 Å². The van der Waals surface area contributed by atoms with Gasteiger partial charge in [-0.25, -0.2) is 14.4 Å². The number of nitrogens with zero attached hydrogens (tertiary/aromatic N) is 5. The summed E-state index contributed by atoms with van der Waals surface area (Å²) in [5.74, 6) is 1.76. The fourth-order valence-corrected chi connectivity index (χ4v) is 7.84. The molecule has 5 aromatic heterocycles. The highest BCUT2D eigenvalue weighted by Gasteiger charge is 2.37. The summed E-state index contributed by atoms with van der Waals surface area (Å²) >= 11 is 0. The molecule has 0 aliphatic heterocycles. The minimum Gasteiger partial charge on any atom is -0.456 e. The highest BCUT2D eigenvalue weighted by Crippen LogP contribution is 2.51. The number of hydrogen-bond acceptors (Lipinski definition) is 3. The Morgan fingerprint density at radius 1 is 0.610 bits per heavy atom. The first-order valence-corrected chi connectivity index (χ1v) is 14.0. The lowest BCUT2D eigenvalue weighted by Crippen LogP contribution is -2.14. The number of imidazole rings is 4. The minimum absolute atomic E-state index is 0.0698. The zero-order chi connectivity index (χ0) is 26.8. The molecular weight excluding hydrogens is 506 g/mol. The Labute approximate surface area is 232 Å². The molecule has 0 unspecified atom stereocenters. The second-order valence-corrected chi connectivity index (χ2v) is 11.9. The number of fused-ring (bicyclic) bond motifs is 18. The van der Waals surface area contributed by atoms with E-state index in [1.165, 1.54) is 22.3 Å². The van der Waals surface area contributed by atoms with Crippen molar-refractivity contribution in [1.82, 2.24) is 23.2 Å². The van der Waals surface area contributed by atoms with Crippen LogP contribution in [0, 0.1) is 0 Å². The van der Waals surface area contributed by atoms with Crippen LogP contribution in [0.1, 0.15) is 25.0 Å². The van der Waals surface area contributed by atoms with Gasteiger partial charge in [0.15, 0.2) is 0 Å². The number of rotatable bonds is 0. The van der Waals surface area contributed by atoms with Gasteiger partial charge in [-0.1, -0.05) is 68.4 Å². The first kappa shape index (κ1) is 20.5. The number of hydrogen-bond donors (Lipinski definition) is 0. The average Bonchev–Trinajstić information content (AvgIpc) is 3.79. The third-order valence-corrected chi connectivity index (χ3v) is 9.59. The third kappa shape index (κ3) is 2.10. The van der Waals surface area contributed by atoms with Crippen LogP contribution in [0.3, 0.4) is 0 Å². The monoisotopic (exact) mass is 527 g/mol. The lowest BCUT2D eigenvalue weighted by molar-refractivity contribution is 0.661. The number of para-hydroxylation sites is 2. The van der Waals surface area contributed by atoms with E-state index in [1.54, 1.807) is 0 Å². The molecule has 11 rings (SSSR count). The van der Waals surface area contributed by atoms with Gasteiger partial charge >= 0.3 is 0 Å². The summed E-state index contributed by atoms with van der Waals surface area (Å²) < 4.78 is 13.1. The Bertz CT molecular complexity index is 2780. The zero-order valence-corrected chi connectivity index (χ0v) is 22.3. The van der Waals surface area contributed by atoms with E-state index in [2.05, 4.69) is 99.8 Å². The predicted octanol–water partition coefficient (Wildman–Crippen LogP) is 8.34. The molecule has 0 saturated carbocycles. The summed E-state index contributed by atoms with van der Waals surface area (Å²) in [5.41, 5.74) is 14.5. The maximum Gasteiger partial charge on any atom is 0.223 e. The van der Waals surface area contributed by atoms with Gasteiger partial charge in [0, 0.05) is 16.4 Å². The smallest absolute Gasteiger partial charge is 0.223 e. The van der Waals surface area contributed by atoms with Gasteiger partial charge in [-0.05, 0) is 53.1 Å². The second-order valence-electron chi connectivity index (χ2n) is 11.9. The molecule has 1 aliphatic carbocycles. The Morgan fingerprint density at radius 2 is 1.41 bits per heavy atom. The van der Waals surface area contributed by atoms with Crippen molar-refractivity contribution in [3.63, 3.8) is 0 Å². The van der Waals surface area contributed by atoms with Crippen LogP contribution in [-0.4, -0.2) is 23.2 Å². The predicted molar refractivity (Wildman–Crippen MR) is 163 cm³/mol. The number of furan rings is 1. The quantitative estimate of drug-likeness (QED) is 0.199. The molecule has 6 nitrogen and oxygen atoms in total. The fraction of sp³-hybridized carbons (Fsp3) is 0.0857. The highest BCUT2D eigenvalue weighted by atomic mass is 16.3. The number of benzene rings is 5. The van der Waals surface area contributed by atoms with Gasteiger partial charge in [0.1, 0.15) is 16.7 Å². The first-order valence-electron chi connectivity index (χ1n) is 14.0. The van der Waals surface area contributed by atoms with Crippen LogP contribution in [0.2, 0.25) is 0 Å². The molecule has 0 radical (unpaired) electrons. The van der Waals surface area contributed by atoms with E-state index in [-0.39, 0.29) is 5.41 Å². The van der Waals surface area contributed by atoms with Crippen molar-refractivity contribution in [2.24, 2.45) is 0 Å². The van der Waals surface area contributed by atoms with Gasteiger partial charge in [-0.15, -0.1) is 0 Å². The molecule has 5 heterocycles. The van der Waals surface area contributed by atoms with E-state index in [0.717, 1.165) is 72.1 Å². The van der Waals surface area contributed by atoms with Crippen LogP contribution in [0.25, 0.3) is 83.2 Å². The SMILES string of the molecule is CC1(C)c2ccccc2-c2c1ccc1c2nc2n1c1cccc3c1n2c1nc2ccc4oc5ccccc5c4c2n31. The molecule has 0 saturated heterocycles. The van der Waals surface area contributed by atoms with Crippen molar-refractivity contribution in [1.29, 1.82) is 0 Å². The number of aromatic nitrogens is 5.